The molecular formula is C16H21N3OS. The Balaban J connectivity index is 1.86. The zero-order chi connectivity index (χ0) is 15.2. The quantitative estimate of drug-likeness (QED) is 0.861. The third-order valence-corrected chi connectivity index (χ3v) is 4.14. The molecule has 0 aliphatic heterocycles. The van der Waals surface area contributed by atoms with Crippen molar-refractivity contribution in [3.05, 3.63) is 46.5 Å². The molecule has 5 heteroatoms. The fourth-order valence-corrected chi connectivity index (χ4v) is 2.82. The average Bonchev–Trinajstić information content (AvgIpc) is 2.93. The van der Waals surface area contributed by atoms with Gasteiger partial charge < -0.3 is 10.6 Å². The molecule has 4 nitrogen and oxygen atoms in total. The maximum absolute atomic E-state index is 12.0. The van der Waals surface area contributed by atoms with E-state index < -0.39 is 0 Å². The maximum atomic E-state index is 12.0. The molecule has 0 saturated carbocycles. The monoisotopic (exact) mass is 303 g/mol. The molecule has 1 unspecified atom stereocenters. The van der Waals surface area contributed by atoms with Crippen LogP contribution in [-0.2, 0) is 11.2 Å². The minimum atomic E-state index is 0.00881. The first-order valence-electron chi connectivity index (χ1n) is 7.06. The van der Waals surface area contributed by atoms with Gasteiger partial charge in [-0.3, -0.25) is 4.79 Å². The van der Waals surface area contributed by atoms with Crippen molar-refractivity contribution in [2.45, 2.75) is 32.7 Å². The van der Waals surface area contributed by atoms with Crippen LogP contribution in [0.25, 0.3) is 0 Å². The number of aryl methyl sites for hydroxylation is 2. The summed E-state index contributed by atoms with van der Waals surface area (Å²) < 4.78 is 0. The first-order valence-corrected chi connectivity index (χ1v) is 7.94. The van der Waals surface area contributed by atoms with Gasteiger partial charge in [0.1, 0.15) is 0 Å². The molecule has 1 aromatic heterocycles. The first kappa shape index (κ1) is 15.7. The number of hydrogen-bond donors (Lipinski definition) is 2. The number of anilines is 1. The van der Waals surface area contributed by atoms with Gasteiger partial charge in [0, 0.05) is 17.8 Å². The van der Waals surface area contributed by atoms with Crippen molar-refractivity contribution in [3.8, 4) is 0 Å². The molecular weight excluding hydrogens is 282 g/mol. The van der Waals surface area contributed by atoms with Crippen LogP contribution in [0.2, 0.25) is 0 Å². The molecule has 0 aliphatic rings. The molecule has 0 saturated heterocycles. The third kappa shape index (κ3) is 4.65. The van der Waals surface area contributed by atoms with Gasteiger partial charge in [-0.25, -0.2) is 4.98 Å². The molecule has 0 bridgehead atoms. The number of thiazole rings is 1. The van der Waals surface area contributed by atoms with E-state index in [4.69, 9.17) is 0 Å². The SMILES string of the molecule is CNC(C)c1csc(NC(=O)CCc2cccc(C)c2)n1. The summed E-state index contributed by atoms with van der Waals surface area (Å²) in [6.45, 7) is 4.10. The Kier molecular flexibility index (Phi) is 5.47. The average molecular weight is 303 g/mol. The van der Waals surface area contributed by atoms with Gasteiger partial charge >= 0.3 is 0 Å². The van der Waals surface area contributed by atoms with E-state index in [-0.39, 0.29) is 11.9 Å². The van der Waals surface area contributed by atoms with Crippen LogP contribution >= 0.6 is 11.3 Å². The van der Waals surface area contributed by atoms with Crippen LogP contribution in [0.3, 0.4) is 0 Å². The summed E-state index contributed by atoms with van der Waals surface area (Å²) in [6, 6.07) is 8.44. The van der Waals surface area contributed by atoms with E-state index in [1.165, 1.54) is 22.5 Å². The lowest BCUT2D eigenvalue weighted by molar-refractivity contribution is -0.116. The van der Waals surface area contributed by atoms with Gasteiger partial charge in [0.25, 0.3) is 0 Å². The number of nitrogens with one attached hydrogen (secondary N) is 2. The Labute approximate surface area is 129 Å². The molecule has 2 aromatic rings. The standard InChI is InChI=1S/C16H21N3OS/c1-11-5-4-6-13(9-11)7-8-15(20)19-16-18-14(10-21-16)12(2)17-3/h4-6,9-10,12,17H,7-8H2,1-3H3,(H,18,19,20). The number of aromatic nitrogens is 1. The van der Waals surface area contributed by atoms with Crippen molar-refractivity contribution in [3.63, 3.8) is 0 Å². The van der Waals surface area contributed by atoms with E-state index in [1.807, 2.05) is 25.4 Å². The highest BCUT2D eigenvalue weighted by atomic mass is 32.1. The number of rotatable bonds is 6. The van der Waals surface area contributed by atoms with Crippen LogP contribution in [0.4, 0.5) is 5.13 Å². The maximum Gasteiger partial charge on any atom is 0.226 e. The van der Waals surface area contributed by atoms with Crippen molar-refractivity contribution in [2.75, 3.05) is 12.4 Å². The van der Waals surface area contributed by atoms with Gasteiger partial charge in [-0.15, -0.1) is 11.3 Å². The molecule has 0 spiro atoms. The lowest BCUT2D eigenvalue weighted by Crippen LogP contribution is -2.14. The Morgan fingerprint density at radius 2 is 2.24 bits per heavy atom. The van der Waals surface area contributed by atoms with Crippen LogP contribution in [0.1, 0.15) is 36.2 Å². The van der Waals surface area contributed by atoms with Crippen molar-refractivity contribution < 1.29 is 4.79 Å². The Morgan fingerprint density at radius 1 is 1.43 bits per heavy atom. The van der Waals surface area contributed by atoms with E-state index >= 15 is 0 Å². The van der Waals surface area contributed by atoms with Crippen molar-refractivity contribution in [1.82, 2.24) is 10.3 Å². The fourth-order valence-electron chi connectivity index (χ4n) is 2.00. The van der Waals surface area contributed by atoms with Crippen LogP contribution in [0.5, 0.6) is 0 Å². The Bertz CT molecular complexity index is 609. The van der Waals surface area contributed by atoms with E-state index in [9.17, 15) is 4.79 Å². The second-order valence-electron chi connectivity index (χ2n) is 5.13. The van der Waals surface area contributed by atoms with Crippen molar-refractivity contribution in [2.24, 2.45) is 0 Å². The lowest BCUT2D eigenvalue weighted by Gasteiger charge is -2.05. The third-order valence-electron chi connectivity index (χ3n) is 3.37. The van der Waals surface area contributed by atoms with Gasteiger partial charge in [0.15, 0.2) is 5.13 Å². The molecule has 0 fully saturated rings. The normalized spacial score (nSPS) is 12.1. The smallest absolute Gasteiger partial charge is 0.226 e. The van der Waals surface area contributed by atoms with Gasteiger partial charge in [0.2, 0.25) is 5.91 Å². The number of hydrogen-bond acceptors (Lipinski definition) is 4. The van der Waals surface area contributed by atoms with Gasteiger partial charge in [0.05, 0.1) is 5.69 Å². The summed E-state index contributed by atoms with van der Waals surface area (Å²) in [5.41, 5.74) is 3.36. The second-order valence-corrected chi connectivity index (χ2v) is 5.98. The molecule has 21 heavy (non-hydrogen) atoms. The molecule has 1 aromatic carbocycles. The zero-order valence-corrected chi connectivity index (χ0v) is 13.5. The van der Waals surface area contributed by atoms with Crippen LogP contribution in [-0.4, -0.2) is 17.9 Å². The van der Waals surface area contributed by atoms with E-state index in [0.717, 1.165) is 12.1 Å². The highest BCUT2D eigenvalue weighted by Crippen LogP contribution is 2.20. The number of carbonyl (C=O) groups excluding carboxylic acids is 1. The summed E-state index contributed by atoms with van der Waals surface area (Å²) in [5, 5.41) is 8.64. The van der Waals surface area contributed by atoms with E-state index in [0.29, 0.717) is 11.6 Å². The Morgan fingerprint density at radius 3 is 2.95 bits per heavy atom. The van der Waals surface area contributed by atoms with Crippen LogP contribution in [0.15, 0.2) is 29.6 Å². The zero-order valence-electron chi connectivity index (χ0n) is 12.6. The van der Waals surface area contributed by atoms with Gasteiger partial charge in [-0.2, -0.15) is 0 Å². The van der Waals surface area contributed by atoms with Crippen LogP contribution < -0.4 is 10.6 Å². The molecule has 1 heterocycles. The fraction of sp³-hybridized carbons (Fsp3) is 0.375. The Hall–Kier alpha value is -1.72. The van der Waals surface area contributed by atoms with Crippen molar-refractivity contribution in [1.29, 1.82) is 0 Å². The number of carbonyl (C=O) groups is 1. The predicted octanol–water partition coefficient (Wildman–Crippen LogP) is 3.30. The number of amides is 1. The summed E-state index contributed by atoms with van der Waals surface area (Å²) >= 11 is 1.46. The number of benzene rings is 1. The highest BCUT2D eigenvalue weighted by Gasteiger charge is 2.10. The molecule has 2 N–H and O–H groups in total. The summed E-state index contributed by atoms with van der Waals surface area (Å²) in [5.74, 6) is 0.00881. The second kappa shape index (κ2) is 7.33. The topological polar surface area (TPSA) is 54.0 Å². The van der Waals surface area contributed by atoms with E-state index in [1.54, 1.807) is 0 Å². The molecule has 1 atom stereocenters. The lowest BCUT2D eigenvalue weighted by atomic mass is 10.1. The van der Waals surface area contributed by atoms with Crippen LogP contribution in [0, 0.1) is 6.92 Å². The minimum Gasteiger partial charge on any atom is -0.312 e. The molecule has 1 amide bonds. The van der Waals surface area contributed by atoms with E-state index in [2.05, 4.69) is 40.7 Å². The van der Waals surface area contributed by atoms with Crippen molar-refractivity contribution >= 4 is 22.4 Å². The predicted molar refractivity (Wildman–Crippen MR) is 87.7 cm³/mol. The number of nitrogens with zero attached hydrogens (tertiary/aromatic N) is 1. The first-order chi connectivity index (χ1) is 10.1. The van der Waals surface area contributed by atoms with Gasteiger partial charge in [-0.1, -0.05) is 29.8 Å². The molecule has 0 aliphatic carbocycles. The molecule has 0 radical (unpaired) electrons. The molecule has 2 rings (SSSR count). The summed E-state index contributed by atoms with van der Waals surface area (Å²) in [6.07, 6.45) is 1.22. The summed E-state index contributed by atoms with van der Waals surface area (Å²) in [7, 11) is 1.89. The summed E-state index contributed by atoms with van der Waals surface area (Å²) in [4.78, 5) is 16.4. The highest BCUT2D eigenvalue weighted by molar-refractivity contribution is 7.13. The molecule has 112 valence electrons. The largest absolute Gasteiger partial charge is 0.312 e. The van der Waals surface area contributed by atoms with Gasteiger partial charge in [-0.05, 0) is 32.9 Å². The minimum absolute atomic E-state index is 0.00881.